The molecular formula is C18H21N5OS. The van der Waals surface area contributed by atoms with Crippen LogP contribution in [0.5, 0.6) is 0 Å². The van der Waals surface area contributed by atoms with Gasteiger partial charge in [0, 0.05) is 31.2 Å². The lowest BCUT2D eigenvalue weighted by molar-refractivity contribution is -0.120. The number of nitrogens with zero attached hydrogens (tertiary/aromatic N) is 4. The average molecular weight is 355 g/mol. The Hall–Kier alpha value is -2.28. The third-order valence-corrected chi connectivity index (χ3v) is 5.49. The Morgan fingerprint density at radius 2 is 2.28 bits per heavy atom. The fraction of sp³-hybridized carbons (Fsp3) is 0.389. The molecule has 1 N–H and O–H groups in total. The molecule has 1 amide bonds. The lowest BCUT2D eigenvalue weighted by Gasteiger charge is -2.25. The molecule has 0 unspecified atom stereocenters. The van der Waals surface area contributed by atoms with Crippen LogP contribution in [0, 0.1) is 6.92 Å². The summed E-state index contributed by atoms with van der Waals surface area (Å²) in [5, 5.41) is 11.7. The molecular weight excluding hydrogens is 334 g/mol. The molecule has 1 aromatic carbocycles. The zero-order valence-corrected chi connectivity index (χ0v) is 15.3. The monoisotopic (exact) mass is 355 g/mol. The van der Waals surface area contributed by atoms with Crippen molar-refractivity contribution < 1.29 is 4.79 Å². The largest absolute Gasteiger partial charge is 0.350 e. The van der Waals surface area contributed by atoms with Gasteiger partial charge >= 0.3 is 0 Å². The summed E-state index contributed by atoms with van der Waals surface area (Å²) in [6.45, 7) is 4.35. The highest BCUT2D eigenvalue weighted by molar-refractivity contribution is 8.16. The van der Waals surface area contributed by atoms with E-state index in [0.717, 1.165) is 47.0 Å². The van der Waals surface area contributed by atoms with E-state index in [-0.39, 0.29) is 5.91 Å². The van der Waals surface area contributed by atoms with Crippen molar-refractivity contribution in [3.8, 4) is 0 Å². The minimum absolute atomic E-state index is 0.0186. The number of fused-ring (bicyclic) bond motifs is 2. The molecule has 25 heavy (non-hydrogen) atoms. The van der Waals surface area contributed by atoms with Crippen LogP contribution in [0.4, 0.5) is 0 Å². The molecule has 0 saturated carbocycles. The van der Waals surface area contributed by atoms with E-state index >= 15 is 0 Å². The molecule has 6 nitrogen and oxygen atoms in total. The van der Waals surface area contributed by atoms with E-state index in [1.807, 2.05) is 17.1 Å². The SMILES string of the molecule is Cc1ccc2c(c1)c(CNC(=O)CC1=CSC3=NCCCN13)nn2C. The normalized spacial score (nSPS) is 16.6. The summed E-state index contributed by atoms with van der Waals surface area (Å²) in [6, 6.07) is 6.27. The van der Waals surface area contributed by atoms with Gasteiger partial charge in [0.1, 0.15) is 0 Å². The molecule has 0 fully saturated rings. The Balaban J connectivity index is 1.42. The van der Waals surface area contributed by atoms with Crippen molar-refractivity contribution in [1.29, 1.82) is 0 Å². The Kier molecular flexibility index (Phi) is 4.25. The maximum atomic E-state index is 12.4. The van der Waals surface area contributed by atoms with E-state index in [1.54, 1.807) is 11.8 Å². The number of hydrogen-bond donors (Lipinski definition) is 1. The third-order valence-electron chi connectivity index (χ3n) is 4.54. The van der Waals surface area contributed by atoms with E-state index in [4.69, 9.17) is 0 Å². The molecule has 3 heterocycles. The van der Waals surface area contributed by atoms with Crippen LogP contribution in [-0.4, -0.2) is 38.8 Å². The van der Waals surface area contributed by atoms with Crippen molar-refractivity contribution in [3.63, 3.8) is 0 Å². The second kappa shape index (κ2) is 6.55. The maximum absolute atomic E-state index is 12.4. The van der Waals surface area contributed by atoms with Gasteiger partial charge in [-0.05, 0) is 30.9 Å². The predicted octanol–water partition coefficient (Wildman–Crippen LogP) is 2.54. The summed E-state index contributed by atoms with van der Waals surface area (Å²) in [7, 11) is 1.93. The first-order valence-corrected chi connectivity index (χ1v) is 9.36. The Morgan fingerprint density at radius 3 is 3.16 bits per heavy atom. The third kappa shape index (κ3) is 3.16. The molecule has 4 rings (SSSR count). The number of benzene rings is 1. The van der Waals surface area contributed by atoms with E-state index in [1.165, 1.54) is 5.56 Å². The molecule has 2 aliphatic heterocycles. The van der Waals surface area contributed by atoms with Crippen LogP contribution in [0.15, 0.2) is 34.3 Å². The number of aliphatic imine (C=N–C) groups is 1. The van der Waals surface area contributed by atoms with Crippen molar-refractivity contribution in [2.24, 2.45) is 12.0 Å². The van der Waals surface area contributed by atoms with Crippen molar-refractivity contribution in [3.05, 3.63) is 40.6 Å². The van der Waals surface area contributed by atoms with Gasteiger partial charge in [-0.1, -0.05) is 23.4 Å². The molecule has 0 bridgehead atoms. The molecule has 1 aromatic heterocycles. The first kappa shape index (κ1) is 16.2. The zero-order chi connectivity index (χ0) is 17.4. The second-order valence-electron chi connectivity index (χ2n) is 6.44. The summed E-state index contributed by atoms with van der Waals surface area (Å²) in [5.41, 5.74) is 4.23. The number of aromatic nitrogens is 2. The minimum atomic E-state index is 0.0186. The number of thioether (sulfide) groups is 1. The minimum Gasteiger partial charge on any atom is -0.350 e. The number of hydrogen-bond acceptors (Lipinski definition) is 5. The first-order valence-electron chi connectivity index (χ1n) is 8.48. The molecule has 2 aliphatic rings. The molecule has 0 radical (unpaired) electrons. The van der Waals surface area contributed by atoms with E-state index in [9.17, 15) is 4.79 Å². The predicted molar refractivity (Wildman–Crippen MR) is 101 cm³/mol. The Bertz CT molecular complexity index is 898. The number of carbonyl (C=O) groups excluding carboxylic acids is 1. The van der Waals surface area contributed by atoms with E-state index < -0.39 is 0 Å². The lowest BCUT2D eigenvalue weighted by Crippen LogP contribution is -2.32. The fourth-order valence-electron chi connectivity index (χ4n) is 3.27. The van der Waals surface area contributed by atoms with Crippen LogP contribution in [0.3, 0.4) is 0 Å². The van der Waals surface area contributed by atoms with Crippen molar-refractivity contribution in [2.75, 3.05) is 13.1 Å². The Morgan fingerprint density at radius 1 is 1.40 bits per heavy atom. The van der Waals surface area contributed by atoms with Gasteiger partial charge in [-0.15, -0.1) is 0 Å². The number of amidine groups is 1. The summed E-state index contributed by atoms with van der Waals surface area (Å²) in [6.07, 6.45) is 1.43. The fourth-order valence-corrected chi connectivity index (χ4v) is 4.22. The Labute approximate surface area is 151 Å². The van der Waals surface area contributed by atoms with Crippen molar-refractivity contribution in [1.82, 2.24) is 20.0 Å². The van der Waals surface area contributed by atoms with Crippen LogP contribution < -0.4 is 5.32 Å². The number of nitrogens with one attached hydrogen (secondary N) is 1. The van der Waals surface area contributed by atoms with E-state index in [2.05, 4.69) is 45.4 Å². The number of aryl methyl sites for hydroxylation is 2. The van der Waals surface area contributed by atoms with Gasteiger partial charge in [-0.3, -0.25) is 14.5 Å². The van der Waals surface area contributed by atoms with E-state index in [0.29, 0.717) is 13.0 Å². The molecule has 0 saturated heterocycles. The van der Waals surface area contributed by atoms with Crippen LogP contribution in [0.1, 0.15) is 24.1 Å². The lowest BCUT2D eigenvalue weighted by atomic mass is 10.1. The number of amides is 1. The summed E-state index contributed by atoms with van der Waals surface area (Å²) < 4.78 is 1.86. The number of rotatable bonds is 4. The molecule has 0 atom stereocenters. The molecule has 0 spiro atoms. The van der Waals surface area contributed by atoms with Crippen molar-refractivity contribution >= 4 is 33.7 Å². The molecule has 2 aromatic rings. The molecule has 130 valence electrons. The quantitative estimate of drug-likeness (QED) is 0.915. The second-order valence-corrected chi connectivity index (χ2v) is 7.28. The topological polar surface area (TPSA) is 62.5 Å². The van der Waals surface area contributed by atoms with Crippen LogP contribution in [-0.2, 0) is 18.4 Å². The van der Waals surface area contributed by atoms with Gasteiger partial charge in [-0.2, -0.15) is 5.10 Å². The highest BCUT2D eigenvalue weighted by atomic mass is 32.2. The molecule has 7 heteroatoms. The summed E-state index contributed by atoms with van der Waals surface area (Å²) >= 11 is 1.62. The van der Waals surface area contributed by atoms with Crippen molar-refractivity contribution in [2.45, 2.75) is 26.3 Å². The highest BCUT2D eigenvalue weighted by Crippen LogP contribution is 2.30. The van der Waals surface area contributed by atoms with Gasteiger partial charge < -0.3 is 10.2 Å². The summed E-state index contributed by atoms with van der Waals surface area (Å²) in [4.78, 5) is 19.1. The summed E-state index contributed by atoms with van der Waals surface area (Å²) in [5.74, 6) is 0.0186. The number of carbonyl (C=O) groups is 1. The standard InChI is InChI=1S/C18H21N5OS/c1-12-4-5-16-14(8-12)15(21-22(16)2)10-20-17(24)9-13-11-25-18-19-6-3-7-23(13)18/h4-5,8,11H,3,6-7,9-10H2,1-2H3,(H,20,24). The van der Waals surface area contributed by atoms with Gasteiger partial charge in [0.2, 0.25) is 5.91 Å². The van der Waals surface area contributed by atoms with Gasteiger partial charge in [-0.25, -0.2) is 0 Å². The van der Waals surface area contributed by atoms with Gasteiger partial charge in [0.05, 0.1) is 24.2 Å². The van der Waals surface area contributed by atoms with Crippen LogP contribution >= 0.6 is 11.8 Å². The zero-order valence-electron chi connectivity index (χ0n) is 14.5. The van der Waals surface area contributed by atoms with Gasteiger partial charge in [0.25, 0.3) is 0 Å². The average Bonchev–Trinajstić information content (AvgIpc) is 3.14. The van der Waals surface area contributed by atoms with Gasteiger partial charge in [0.15, 0.2) is 5.17 Å². The van der Waals surface area contributed by atoms with Crippen LogP contribution in [0.25, 0.3) is 10.9 Å². The highest BCUT2D eigenvalue weighted by Gasteiger charge is 2.26. The smallest absolute Gasteiger partial charge is 0.226 e. The maximum Gasteiger partial charge on any atom is 0.226 e. The molecule has 0 aliphatic carbocycles. The first-order chi connectivity index (χ1) is 12.1. The van der Waals surface area contributed by atoms with Crippen LogP contribution in [0.2, 0.25) is 0 Å².